The molecule has 0 aliphatic carbocycles. The van der Waals surface area contributed by atoms with Crippen molar-refractivity contribution in [3.63, 3.8) is 0 Å². The number of fused-ring (bicyclic) bond motifs is 1. The molecule has 1 N–H and O–H groups in total. The number of hydrogen-bond acceptors (Lipinski definition) is 2. The Bertz CT molecular complexity index is 1320. The Kier molecular flexibility index (Phi) is 8.15. The van der Waals surface area contributed by atoms with E-state index in [9.17, 15) is 0 Å². The van der Waals surface area contributed by atoms with Crippen molar-refractivity contribution in [2.24, 2.45) is 0 Å². The van der Waals surface area contributed by atoms with Gasteiger partial charge in [0, 0.05) is 36.9 Å². The van der Waals surface area contributed by atoms with E-state index < -0.39 is 0 Å². The fourth-order valence-corrected chi connectivity index (χ4v) is 5.52. The Labute approximate surface area is 217 Å². The predicted molar refractivity (Wildman–Crippen MR) is 159 cm³/mol. The molecule has 186 valence electrons. The van der Waals surface area contributed by atoms with Crippen molar-refractivity contribution in [3.05, 3.63) is 113 Å². The summed E-state index contributed by atoms with van der Waals surface area (Å²) < 4.78 is 0. The molecular weight excluding hydrogens is 436 g/mol. The van der Waals surface area contributed by atoms with Crippen molar-refractivity contribution >= 4 is 28.2 Å². The summed E-state index contributed by atoms with van der Waals surface area (Å²) in [5.74, 6) is 0. The van der Waals surface area contributed by atoms with Crippen molar-refractivity contribution in [2.45, 2.75) is 46.0 Å². The van der Waals surface area contributed by atoms with Crippen LogP contribution in [0.4, 0.5) is 11.4 Å². The fraction of sp³-hybridized carbons (Fsp3) is 0.294. The second-order valence-corrected chi connectivity index (χ2v) is 10.0. The van der Waals surface area contributed by atoms with Crippen molar-refractivity contribution < 1.29 is 0 Å². The zero-order chi connectivity index (χ0) is 25.5. The van der Waals surface area contributed by atoms with Crippen LogP contribution in [0, 0.1) is 6.92 Å². The number of aryl methyl sites for hydroxylation is 1. The van der Waals surface area contributed by atoms with Crippen LogP contribution in [0.1, 0.15) is 49.4 Å². The molecule has 4 aromatic carbocycles. The highest BCUT2D eigenvalue weighted by atomic mass is 15.1. The molecule has 1 atom stereocenters. The quantitative estimate of drug-likeness (QED) is 0.246. The van der Waals surface area contributed by atoms with E-state index in [1.807, 2.05) is 7.05 Å². The minimum atomic E-state index is -0.0773. The van der Waals surface area contributed by atoms with E-state index in [-0.39, 0.29) is 5.41 Å². The Morgan fingerprint density at radius 1 is 0.861 bits per heavy atom. The predicted octanol–water partition coefficient (Wildman–Crippen LogP) is 8.64. The van der Waals surface area contributed by atoms with E-state index in [2.05, 4.69) is 135 Å². The molecule has 0 heterocycles. The maximum atomic E-state index is 3.50. The molecule has 0 aliphatic rings. The van der Waals surface area contributed by atoms with Gasteiger partial charge in [-0.25, -0.2) is 0 Å². The highest BCUT2D eigenvalue weighted by Crippen LogP contribution is 2.41. The summed E-state index contributed by atoms with van der Waals surface area (Å²) in [6.45, 7) is 11.1. The standard InChI is InChI=1S/C34H40N2/c1-6-36(7-2)30-21-19-28(26(3)24-30)17-13-23-34(4,25-27-14-9-8-10-15-27)33-31-18-12-11-16-29(31)20-22-32(33)35-5/h8-22,24,35H,6-7,23,25H2,1-5H3/b17-13+. The van der Waals surface area contributed by atoms with E-state index in [4.69, 9.17) is 0 Å². The van der Waals surface area contributed by atoms with Crippen LogP contribution in [0.25, 0.3) is 16.8 Å². The molecular formula is C34H40N2. The van der Waals surface area contributed by atoms with Crippen LogP contribution in [0.5, 0.6) is 0 Å². The zero-order valence-electron chi connectivity index (χ0n) is 22.5. The molecule has 2 nitrogen and oxygen atoms in total. The van der Waals surface area contributed by atoms with Gasteiger partial charge in [-0.3, -0.25) is 0 Å². The molecule has 0 fully saturated rings. The number of anilines is 2. The van der Waals surface area contributed by atoms with Gasteiger partial charge in [0.2, 0.25) is 0 Å². The molecule has 0 bridgehead atoms. The second-order valence-electron chi connectivity index (χ2n) is 10.0. The molecule has 4 aromatic rings. The van der Waals surface area contributed by atoms with Crippen LogP contribution in [-0.4, -0.2) is 20.1 Å². The third-order valence-corrected chi connectivity index (χ3v) is 7.49. The van der Waals surface area contributed by atoms with Gasteiger partial charge in [-0.1, -0.05) is 85.8 Å². The van der Waals surface area contributed by atoms with Gasteiger partial charge in [0.1, 0.15) is 0 Å². The van der Waals surface area contributed by atoms with Gasteiger partial charge in [0.15, 0.2) is 0 Å². The van der Waals surface area contributed by atoms with Crippen molar-refractivity contribution in [1.82, 2.24) is 0 Å². The summed E-state index contributed by atoms with van der Waals surface area (Å²) >= 11 is 0. The van der Waals surface area contributed by atoms with Crippen LogP contribution in [0.3, 0.4) is 0 Å². The monoisotopic (exact) mass is 476 g/mol. The fourth-order valence-electron chi connectivity index (χ4n) is 5.52. The van der Waals surface area contributed by atoms with Gasteiger partial charge >= 0.3 is 0 Å². The SMILES string of the molecule is CCN(CC)c1ccc(/C=C/CC(C)(Cc2ccccc2)c2c(NC)ccc3ccccc23)c(C)c1. The van der Waals surface area contributed by atoms with E-state index in [0.29, 0.717) is 0 Å². The highest BCUT2D eigenvalue weighted by Gasteiger charge is 2.30. The molecule has 0 aromatic heterocycles. The van der Waals surface area contributed by atoms with Crippen LogP contribution < -0.4 is 10.2 Å². The van der Waals surface area contributed by atoms with Gasteiger partial charge in [0.25, 0.3) is 0 Å². The molecule has 0 saturated carbocycles. The third-order valence-electron chi connectivity index (χ3n) is 7.49. The summed E-state index contributed by atoms with van der Waals surface area (Å²) in [4.78, 5) is 2.40. The number of benzene rings is 4. The van der Waals surface area contributed by atoms with Crippen molar-refractivity contribution in [3.8, 4) is 0 Å². The first-order valence-electron chi connectivity index (χ1n) is 13.2. The van der Waals surface area contributed by atoms with Crippen molar-refractivity contribution in [2.75, 3.05) is 30.4 Å². The van der Waals surface area contributed by atoms with Crippen LogP contribution in [-0.2, 0) is 11.8 Å². The highest BCUT2D eigenvalue weighted by molar-refractivity contribution is 5.91. The molecule has 0 saturated heterocycles. The van der Waals surface area contributed by atoms with Gasteiger partial charge in [-0.2, -0.15) is 0 Å². The maximum absolute atomic E-state index is 3.50. The molecule has 2 heteroatoms. The summed E-state index contributed by atoms with van der Waals surface area (Å²) in [5, 5.41) is 6.11. The third kappa shape index (κ3) is 5.49. The lowest BCUT2D eigenvalue weighted by Crippen LogP contribution is -2.26. The Hall–Kier alpha value is -3.52. The molecule has 0 amide bonds. The average molecular weight is 477 g/mol. The van der Waals surface area contributed by atoms with E-state index in [0.717, 1.165) is 25.9 Å². The number of nitrogens with one attached hydrogen (secondary N) is 1. The lowest BCUT2D eigenvalue weighted by Gasteiger charge is -2.33. The molecule has 1 unspecified atom stereocenters. The average Bonchev–Trinajstić information content (AvgIpc) is 2.90. The lowest BCUT2D eigenvalue weighted by atomic mass is 9.72. The Balaban J connectivity index is 1.73. The number of hydrogen-bond donors (Lipinski definition) is 1. The largest absolute Gasteiger partial charge is 0.388 e. The van der Waals surface area contributed by atoms with Crippen LogP contribution in [0.2, 0.25) is 0 Å². The number of rotatable bonds is 10. The van der Waals surface area contributed by atoms with Gasteiger partial charge in [-0.05, 0) is 84.8 Å². The first-order chi connectivity index (χ1) is 17.5. The maximum Gasteiger partial charge on any atom is 0.0382 e. The first kappa shape index (κ1) is 25.6. The van der Waals surface area contributed by atoms with Crippen LogP contribution >= 0.6 is 0 Å². The van der Waals surface area contributed by atoms with Crippen LogP contribution in [0.15, 0.2) is 91.0 Å². The number of nitrogens with zero attached hydrogens (tertiary/aromatic N) is 1. The number of allylic oxidation sites excluding steroid dienone is 1. The zero-order valence-corrected chi connectivity index (χ0v) is 22.5. The molecule has 0 spiro atoms. The Morgan fingerprint density at radius 2 is 1.58 bits per heavy atom. The molecule has 4 rings (SSSR count). The smallest absolute Gasteiger partial charge is 0.0382 e. The summed E-state index contributed by atoms with van der Waals surface area (Å²) in [7, 11) is 2.03. The normalized spacial score (nSPS) is 13.1. The van der Waals surface area contributed by atoms with E-state index in [1.54, 1.807) is 0 Å². The lowest BCUT2D eigenvalue weighted by molar-refractivity contribution is 0.481. The first-order valence-corrected chi connectivity index (χ1v) is 13.2. The minimum Gasteiger partial charge on any atom is -0.388 e. The van der Waals surface area contributed by atoms with Crippen molar-refractivity contribution in [1.29, 1.82) is 0 Å². The summed E-state index contributed by atoms with van der Waals surface area (Å²) in [5.41, 5.74) is 7.80. The molecule has 0 radical (unpaired) electrons. The summed E-state index contributed by atoms with van der Waals surface area (Å²) in [6.07, 6.45) is 6.61. The van der Waals surface area contributed by atoms with Gasteiger partial charge in [0.05, 0.1) is 0 Å². The molecule has 36 heavy (non-hydrogen) atoms. The van der Waals surface area contributed by atoms with E-state index >= 15 is 0 Å². The van der Waals surface area contributed by atoms with Gasteiger partial charge < -0.3 is 10.2 Å². The molecule has 0 aliphatic heterocycles. The van der Waals surface area contributed by atoms with E-state index in [1.165, 1.54) is 44.4 Å². The Morgan fingerprint density at radius 3 is 2.28 bits per heavy atom. The minimum absolute atomic E-state index is 0.0773. The van der Waals surface area contributed by atoms with Gasteiger partial charge in [-0.15, -0.1) is 0 Å². The summed E-state index contributed by atoms with van der Waals surface area (Å²) in [6, 6.07) is 31.0. The topological polar surface area (TPSA) is 15.3 Å². The second kappa shape index (κ2) is 11.5.